The van der Waals surface area contributed by atoms with Crippen LogP contribution < -0.4 is 15.7 Å². The Kier molecular flexibility index (Phi) is 6.00. The number of amides is 1. The van der Waals surface area contributed by atoms with E-state index in [0.29, 0.717) is 11.3 Å². The van der Waals surface area contributed by atoms with Crippen LogP contribution in [0.5, 0.6) is 0 Å². The largest absolute Gasteiger partial charge is 0.322 e. The van der Waals surface area contributed by atoms with Gasteiger partial charge in [-0.3, -0.25) is 14.3 Å². The lowest BCUT2D eigenvalue weighted by Gasteiger charge is -2.07. The molecular formula is C20H21N5O2S. The number of nitrogens with one attached hydrogen (secondary N) is 2. The number of carbonyl (C=O) groups excluding carboxylic acids is 1. The Morgan fingerprint density at radius 1 is 1.04 bits per heavy atom. The number of hydrazone groups is 1. The molecule has 144 valence electrons. The second kappa shape index (κ2) is 8.62. The summed E-state index contributed by atoms with van der Waals surface area (Å²) in [5, 5.41) is 3.73. The van der Waals surface area contributed by atoms with Gasteiger partial charge in [-0.05, 0) is 38.1 Å². The van der Waals surface area contributed by atoms with Crippen LogP contribution in [-0.4, -0.2) is 20.3 Å². The van der Waals surface area contributed by atoms with Gasteiger partial charge in [0, 0.05) is 30.4 Å². The lowest BCUT2D eigenvalue weighted by Crippen LogP contribution is -2.23. The molecule has 0 bridgehead atoms. The topological polar surface area (TPSA) is 80.4 Å². The van der Waals surface area contributed by atoms with Crippen LogP contribution in [0.15, 0.2) is 70.6 Å². The summed E-state index contributed by atoms with van der Waals surface area (Å²) in [5.74, 6) is 0. The number of hydrogen-bond donors (Lipinski definition) is 2. The lowest BCUT2D eigenvalue weighted by atomic mass is 10.2. The highest BCUT2D eigenvalue weighted by molar-refractivity contribution is 8.14. The lowest BCUT2D eigenvalue weighted by molar-refractivity contribution is 0.261. The SMILES string of the molecule is C/C(=N\NC(=O)SNc1ccccc1)c1c(C)n(C)n(-c2ccccc2)c1=O. The summed E-state index contributed by atoms with van der Waals surface area (Å²) in [7, 11) is 1.82. The van der Waals surface area contributed by atoms with Gasteiger partial charge in [0.1, 0.15) is 0 Å². The molecule has 1 heterocycles. The van der Waals surface area contributed by atoms with Crippen LogP contribution in [0.2, 0.25) is 0 Å². The van der Waals surface area contributed by atoms with Gasteiger partial charge in [0.25, 0.3) is 5.56 Å². The van der Waals surface area contributed by atoms with Crippen molar-refractivity contribution in [1.82, 2.24) is 14.8 Å². The molecule has 0 unspecified atom stereocenters. The molecule has 2 aromatic carbocycles. The standard InChI is InChI=1S/C20H21N5O2S/c1-14(21-22-20(27)28-23-16-10-6-4-7-11-16)18-15(2)24(3)25(19(18)26)17-12-8-5-9-13-17/h4-13,23H,1-3H3,(H,22,27)/b21-14+. The highest BCUT2D eigenvalue weighted by Gasteiger charge is 2.18. The van der Waals surface area contributed by atoms with E-state index in [1.165, 1.54) is 0 Å². The fourth-order valence-electron chi connectivity index (χ4n) is 2.80. The van der Waals surface area contributed by atoms with E-state index >= 15 is 0 Å². The third kappa shape index (κ3) is 4.17. The highest BCUT2D eigenvalue weighted by Crippen LogP contribution is 2.13. The van der Waals surface area contributed by atoms with Crippen molar-refractivity contribution in [3.8, 4) is 5.69 Å². The van der Waals surface area contributed by atoms with Crippen LogP contribution in [0.25, 0.3) is 5.69 Å². The quantitative estimate of drug-likeness (QED) is 0.392. The van der Waals surface area contributed by atoms with Crippen molar-refractivity contribution in [2.24, 2.45) is 12.1 Å². The fraction of sp³-hybridized carbons (Fsp3) is 0.150. The van der Waals surface area contributed by atoms with Gasteiger partial charge < -0.3 is 4.72 Å². The summed E-state index contributed by atoms with van der Waals surface area (Å²) in [6, 6.07) is 18.7. The maximum Gasteiger partial charge on any atom is 0.319 e. The molecule has 0 saturated heterocycles. The molecule has 7 nitrogen and oxygen atoms in total. The molecule has 0 fully saturated rings. The molecule has 0 aliphatic carbocycles. The van der Waals surface area contributed by atoms with Gasteiger partial charge >= 0.3 is 5.24 Å². The number of aromatic nitrogens is 2. The number of hydrogen-bond acceptors (Lipinski definition) is 5. The van der Waals surface area contributed by atoms with E-state index in [1.54, 1.807) is 16.3 Å². The molecule has 0 radical (unpaired) electrons. The molecule has 28 heavy (non-hydrogen) atoms. The normalized spacial score (nSPS) is 11.3. The van der Waals surface area contributed by atoms with Crippen LogP contribution in [0, 0.1) is 6.92 Å². The summed E-state index contributed by atoms with van der Waals surface area (Å²) in [6.45, 7) is 3.55. The number of rotatable bonds is 5. The average molecular weight is 395 g/mol. The third-order valence-electron chi connectivity index (χ3n) is 4.27. The number of carbonyl (C=O) groups is 1. The summed E-state index contributed by atoms with van der Waals surface area (Å²) < 4.78 is 6.29. The Morgan fingerprint density at radius 2 is 1.64 bits per heavy atom. The number of nitrogens with zero attached hydrogens (tertiary/aromatic N) is 3. The molecule has 3 aromatic rings. The molecule has 0 aliphatic heterocycles. The zero-order chi connectivity index (χ0) is 20.1. The van der Waals surface area contributed by atoms with Gasteiger partial charge in [0.05, 0.1) is 17.0 Å². The molecule has 1 aromatic heterocycles. The van der Waals surface area contributed by atoms with Crippen LogP contribution in [0.1, 0.15) is 18.2 Å². The predicted molar refractivity (Wildman–Crippen MR) is 114 cm³/mol. The molecule has 0 atom stereocenters. The molecule has 8 heteroatoms. The third-order valence-corrected chi connectivity index (χ3v) is 4.88. The van der Waals surface area contributed by atoms with Crippen molar-refractivity contribution >= 4 is 28.6 Å². The number of benzene rings is 2. The molecule has 0 saturated carbocycles. The molecule has 0 spiro atoms. The van der Waals surface area contributed by atoms with Crippen molar-refractivity contribution in [1.29, 1.82) is 0 Å². The van der Waals surface area contributed by atoms with Gasteiger partial charge in [-0.25, -0.2) is 10.1 Å². The van der Waals surface area contributed by atoms with E-state index in [2.05, 4.69) is 15.2 Å². The van der Waals surface area contributed by atoms with Gasteiger partial charge in [-0.1, -0.05) is 36.4 Å². The van der Waals surface area contributed by atoms with E-state index in [0.717, 1.165) is 29.0 Å². The van der Waals surface area contributed by atoms with Crippen LogP contribution >= 0.6 is 11.9 Å². The van der Waals surface area contributed by atoms with Crippen LogP contribution in [0.4, 0.5) is 10.5 Å². The van der Waals surface area contributed by atoms with Crippen LogP contribution in [0.3, 0.4) is 0 Å². The second-order valence-electron chi connectivity index (χ2n) is 6.10. The zero-order valence-electron chi connectivity index (χ0n) is 15.8. The molecule has 0 aliphatic rings. The zero-order valence-corrected chi connectivity index (χ0v) is 16.7. The summed E-state index contributed by atoms with van der Waals surface area (Å²) in [4.78, 5) is 24.9. The highest BCUT2D eigenvalue weighted by atomic mass is 32.2. The smallest absolute Gasteiger partial charge is 0.319 e. The summed E-state index contributed by atoms with van der Waals surface area (Å²) in [6.07, 6.45) is 0. The van der Waals surface area contributed by atoms with E-state index < -0.39 is 0 Å². The Morgan fingerprint density at radius 3 is 2.29 bits per heavy atom. The molecule has 3 rings (SSSR count). The summed E-state index contributed by atoms with van der Waals surface area (Å²) in [5.41, 5.74) is 5.54. The van der Waals surface area contributed by atoms with Gasteiger partial charge in [0.15, 0.2) is 0 Å². The van der Waals surface area contributed by atoms with E-state index in [9.17, 15) is 9.59 Å². The minimum absolute atomic E-state index is 0.184. The van der Waals surface area contributed by atoms with Gasteiger partial charge in [-0.15, -0.1) is 0 Å². The van der Waals surface area contributed by atoms with Crippen molar-refractivity contribution < 1.29 is 4.79 Å². The first kappa shape index (κ1) is 19.5. The van der Waals surface area contributed by atoms with Crippen molar-refractivity contribution in [2.45, 2.75) is 13.8 Å². The first-order valence-corrected chi connectivity index (χ1v) is 9.47. The molecule has 2 N–H and O–H groups in total. The predicted octanol–water partition coefficient (Wildman–Crippen LogP) is 3.68. The summed E-state index contributed by atoms with van der Waals surface area (Å²) >= 11 is 0.885. The van der Waals surface area contributed by atoms with Gasteiger partial charge in [-0.2, -0.15) is 5.10 Å². The first-order chi connectivity index (χ1) is 13.5. The maximum atomic E-state index is 12.9. The first-order valence-electron chi connectivity index (χ1n) is 8.65. The minimum atomic E-state index is -0.375. The number of anilines is 1. The van der Waals surface area contributed by atoms with Gasteiger partial charge in [0.2, 0.25) is 0 Å². The Bertz CT molecular complexity index is 1060. The number of para-hydroxylation sites is 2. The van der Waals surface area contributed by atoms with E-state index in [4.69, 9.17) is 0 Å². The van der Waals surface area contributed by atoms with Crippen LogP contribution in [-0.2, 0) is 7.05 Å². The van der Waals surface area contributed by atoms with E-state index in [1.807, 2.05) is 74.6 Å². The average Bonchev–Trinajstić information content (AvgIpc) is 2.94. The van der Waals surface area contributed by atoms with Crippen molar-refractivity contribution in [3.63, 3.8) is 0 Å². The Hall–Kier alpha value is -3.26. The maximum absolute atomic E-state index is 12.9. The fourth-order valence-corrected chi connectivity index (χ4v) is 3.24. The second-order valence-corrected chi connectivity index (χ2v) is 6.88. The monoisotopic (exact) mass is 395 g/mol. The van der Waals surface area contributed by atoms with Crippen molar-refractivity contribution in [3.05, 3.63) is 82.3 Å². The Labute approximate surface area is 167 Å². The Balaban J connectivity index is 1.76. The molecule has 1 amide bonds. The van der Waals surface area contributed by atoms with Crippen molar-refractivity contribution in [2.75, 3.05) is 4.72 Å². The minimum Gasteiger partial charge on any atom is -0.322 e. The molecular weight excluding hydrogens is 374 g/mol. The van der Waals surface area contributed by atoms with E-state index in [-0.39, 0.29) is 10.8 Å².